The third kappa shape index (κ3) is 2.16. The molecule has 0 aromatic carbocycles. The topological polar surface area (TPSA) is 46.9 Å². The first-order valence-electron chi connectivity index (χ1n) is 7.97. The molecule has 1 aromatic rings. The molecule has 5 heteroatoms. The van der Waals surface area contributed by atoms with Gasteiger partial charge in [-0.15, -0.1) is 0 Å². The maximum absolute atomic E-state index is 12.7. The van der Waals surface area contributed by atoms with Gasteiger partial charge in [0.05, 0.1) is 10.2 Å². The van der Waals surface area contributed by atoms with E-state index in [9.17, 15) is 4.79 Å². The summed E-state index contributed by atoms with van der Waals surface area (Å²) in [6, 6.07) is 0. The molecule has 0 atom stereocenters. The van der Waals surface area contributed by atoms with Crippen LogP contribution in [0, 0.1) is 24.7 Å². The average molecular weight is 352 g/mol. The van der Waals surface area contributed by atoms with E-state index in [1.807, 2.05) is 14.0 Å². The molecule has 0 radical (unpaired) electrons. The van der Waals surface area contributed by atoms with Gasteiger partial charge in [-0.25, -0.2) is 0 Å². The SMILES string of the molecule is Cc1c(Br)c(C(=O)NC23CC4CC(CC(C4)C2)C3)nn1C. The van der Waals surface area contributed by atoms with Crippen molar-refractivity contribution in [2.45, 2.75) is 51.0 Å². The third-order valence-corrected chi connectivity index (χ3v) is 6.84. The van der Waals surface area contributed by atoms with E-state index >= 15 is 0 Å². The minimum Gasteiger partial charge on any atom is -0.345 e. The second kappa shape index (κ2) is 4.58. The first-order valence-corrected chi connectivity index (χ1v) is 8.77. The second-order valence-corrected chi connectivity index (χ2v) is 8.32. The summed E-state index contributed by atoms with van der Waals surface area (Å²) < 4.78 is 2.59. The quantitative estimate of drug-likeness (QED) is 0.889. The molecule has 4 aliphatic rings. The van der Waals surface area contributed by atoms with E-state index in [1.54, 1.807) is 4.68 Å². The molecule has 4 saturated carbocycles. The van der Waals surface area contributed by atoms with E-state index in [-0.39, 0.29) is 11.4 Å². The highest BCUT2D eigenvalue weighted by Crippen LogP contribution is 2.55. The zero-order chi connectivity index (χ0) is 14.8. The van der Waals surface area contributed by atoms with Crippen LogP contribution in [-0.4, -0.2) is 21.2 Å². The molecule has 4 fully saturated rings. The normalized spacial score (nSPS) is 37.0. The van der Waals surface area contributed by atoms with Crippen LogP contribution in [-0.2, 0) is 7.05 Å². The number of nitrogens with one attached hydrogen (secondary N) is 1. The third-order valence-electron chi connectivity index (χ3n) is 5.89. The van der Waals surface area contributed by atoms with Gasteiger partial charge >= 0.3 is 0 Å². The Balaban J connectivity index is 1.58. The van der Waals surface area contributed by atoms with E-state index in [0.717, 1.165) is 27.9 Å². The summed E-state index contributed by atoms with van der Waals surface area (Å²) in [5.74, 6) is 2.51. The summed E-state index contributed by atoms with van der Waals surface area (Å²) in [6.45, 7) is 1.97. The zero-order valence-corrected chi connectivity index (χ0v) is 14.2. The van der Waals surface area contributed by atoms with Crippen molar-refractivity contribution in [1.82, 2.24) is 15.1 Å². The van der Waals surface area contributed by atoms with Crippen LogP contribution in [0.3, 0.4) is 0 Å². The number of amides is 1. The first kappa shape index (κ1) is 13.8. The molecule has 1 N–H and O–H groups in total. The number of halogens is 1. The maximum Gasteiger partial charge on any atom is 0.273 e. The Labute approximate surface area is 133 Å². The number of nitrogens with zero attached hydrogens (tertiary/aromatic N) is 2. The molecule has 114 valence electrons. The van der Waals surface area contributed by atoms with Crippen molar-refractivity contribution in [3.05, 3.63) is 15.9 Å². The number of carbonyl (C=O) groups excluding carboxylic acids is 1. The van der Waals surface area contributed by atoms with Crippen molar-refractivity contribution in [3.63, 3.8) is 0 Å². The number of carbonyl (C=O) groups is 1. The maximum atomic E-state index is 12.7. The van der Waals surface area contributed by atoms with Gasteiger partial charge in [0.1, 0.15) is 0 Å². The fourth-order valence-electron chi connectivity index (χ4n) is 5.29. The molecule has 1 heterocycles. The van der Waals surface area contributed by atoms with Crippen LogP contribution < -0.4 is 5.32 Å². The van der Waals surface area contributed by atoms with Crippen molar-refractivity contribution >= 4 is 21.8 Å². The number of aromatic nitrogens is 2. The summed E-state index contributed by atoms with van der Waals surface area (Å²) in [7, 11) is 1.88. The van der Waals surface area contributed by atoms with Gasteiger partial charge < -0.3 is 5.32 Å². The summed E-state index contributed by atoms with van der Waals surface area (Å²) in [6.07, 6.45) is 7.70. The van der Waals surface area contributed by atoms with E-state index in [0.29, 0.717) is 5.69 Å². The predicted octanol–water partition coefficient (Wildman–Crippen LogP) is 3.19. The standard InChI is InChI=1S/C16H22BrN3O/c1-9-13(17)14(19-20(9)2)15(21)18-16-6-10-3-11(7-16)5-12(4-10)8-16/h10-12H,3-8H2,1-2H3,(H,18,21). The Kier molecular flexibility index (Phi) is 3.01. The number of rotatable bonds is 2. The van der Waals surface area contributed by atoms with Gasteiger partial charge in [0.15, 0.2) is 5.69 Å². The molecule has 5 rings (SSSR count). The van der Waals surface area contributed by atoms with Gasteiger partial charge in [-0.05, 0) is 79.1 Å². The minimum absolute atomic E-state index is 0.00692. The number of hydrogen-bond acceptors (Lipinski definition) is 2. The summed E-state index contributed by atoms with van der Waals surface area (Å²) in [5, 5.41) is 7.74. The lowest BCUT2D eigenvalue weighted by molar-refractivity contribution is -0.0168. The Hall–Kier alpha value is -0.840. The molecule has 4 aliphatic carbocycles. The molecular weight excluding hydrogens is 330 g/mol. The van der Waals surface area contributed by atoms with Crippen LogP contribution in [0.15, 0.2) is 4.47 Å². The van der Waals surface area contributed by atoms with Crippen LogP contribution in [0.25, 0.3) is 0 Å². The highest BCUT2D eigenvalue weighted by molar-refractivity contribution is 9.10. The van der Waals surface area contributed by atoms with Gasteiger partial charge in [-0.3, -0.25) is 9.48 Å². The van der Waals surface area contributed by atoms with Crippen molar-refractivity contribution in [1.29, 1.82) is 0 Å². The monoisotopic (exact) mass is 351 g/mol. The molecule has 0 spiro atoms. The lowest BCUT2D eigenvalue weighted by Crippen LogP contribution is -2.59. The van der Waals surface area contributed by atoms with Gasteiger partial charge in [0.25, 0.3) is 5.91 Å². The van der Waals surface area contributed by atoms with Gasteiger partial charge in [-0.2, -0.15) is 5.10 Å². The molecule has 1 amide bonds. The van der Waals surface area contributed by atoms with Crippen molar-refractivity contribution in [2.75, 3.05) is 0 Å². The Morgan fingerprint density at radius 3 is 2.19 bits per heavy atom. The molecule has 0 aliphatic heterocycles. The summed E-state index contributed by atoms with van der Waals surface area (Å²) >= 11 is 3.51. The molecule has 4 nitrogen and oxygen atoms in total. The Morgan fingerprint density at radius 2 is 1.76 bits per heavy atom. The minimum atomic E-state index is -0.00692. The highest BCUT2D eigenvalue weighted by Gasteiger charge is 2.51. The van der Waals surface area contributed by atoms with Crippen LogP contribution in [0.4, 0.5) is 0 Å². The van der Waals surface area contributed by atoms with E-state index in [2.05, 4.69) is 26.3 Å². The summed E-state index contributed by atoms with van der Waals surface area (Å²) in [4.78, 5) is 12.7. The molecule has 0 unspecified atom stereocenters. The van der Waals surface area contributed by atoms with E-state index in [1.165, 1.54) is 38.5 Å². The van der Waals surface area contributed by atoms with E-state index in [4.69, 9.17) is 0 Å². The van der Waals surface area contributed by atoms with Gasteiger partial charge in [-0.1, -0.05) is 0 Å². The first-order chi connectivity index (χ1) is 9.96. The van der Waals surface area contributed by atoms with Crippen molar-refractivity contribution in [3.8, 4) is 0 Å². The highest BCUT2D eigenvalue weighted by atomic mass is 79.9. The van der Waals surface area contributed by atoms with Crippen LogP contribution in [0.1, 0.15) is 54.7 Å². The fraction of sp³-hybridized carbons (Fsp3) is 0.750. The molecule has 1 aromatic heterocycles. The number of aryl methyl sites for hydroxylation is 1. The van der Waals surface area contributed by atoms with Crippen LogP contribution in [0.2, 0.25) is 0 Å². The van der Waals surface area contributed by atoms with Crippen molar-refractivity contribution < 1.29 is 4.79 Å². The average Bonchev–Trinajstić information content (AvgIpc) is 2.64. The zero-order valence-electron chi connectivity index (χ0n) is 12.7. The summed E-state index contributed by atoms with van der Waals surface area (Å²) in [5.41, 5.74) is 1.58. The lowest BCUT2D eigenvalue weighted by Gasteiger charge is -2.56. The fourth-order valence-corrected chi connectivity index (χ4v) is 5.81. The van der Waals surface area contributed by atoms with Gasteiger partial charge in [0.2, 0.25) is 0 Å². The molecule has 4 bridgehead atoms. The van der Waals surface area contributed by atoms with E-state index < -0.39 is 0 Å². The van der Waals surface area contributed by atoms with Crippen LogP contribution in [0.5, 0.6) is 0 Å². The lowest BCUT2D eigenvalue weighted by atomic mass is 9.53. The van der Waals surface area contributed by atoms with Gasteiger partial charge in [0, 0.05) is 12.6 Å². The molecule has 0 saturated heterocycles. The smallest absolute Gasteiger partial charge is 0.273 e. The second-order valence-electron chi connectivity index (χ2n) is 7.52. The predicted molar refractivity (Wildman–Crippen MR) is 84.0 cm³/mol. The molecule has 21 heavy (non-hydrogen) atoms. The largest absolute Gasteiger partial charge is 0.345 e. The molecular formula is C16H22BrN3O. The number of hydrogen-bond donors (Lipinski definition) is 1. The van der Waals surface area contributed by atoms with Crippen molar-refractivity contribution in [2.24, 2.45) is 24.8 Å². The van der Waals surface area contributed by atoms with Crippen LogP contribution >= 0.6 is 15.9 Å². The Morgan fingerprint density at radius 1 is 1.24 bits per heavy atom. The Bertz CT molecular complexity index is 572.